The third kappa shape index (κ3) is 3.09. The third-order valence-electron chi connectivity index (χ3n) is 2.78. The lowest BCUT2D eigenvalue weighted by Gasteiger charge is -2.07. The normalized spacial score (nSPS) is 10.3. The van der Waals surface area contributed by atoms with E-state index in [0.29, 0.717) is 23.1 Å². The summed E-state index contributed by atoms with van der Waals surface area (Å²) in [5.74, 6) is 1.32. The van der Waals surface area contributed by atoms with Crippen molar-refractivity contribution in [3.8, 4) is 22.8 Å². The maximum absolute atomic E-state index is 10.5. The van der Waals surface area contributed by atoms with Gasteiger partial charge in [0.15, 0.2) is 11.7 Å². The van der Waals surface area contributed by atoms with Gasteiger partial charge in [-0.25, -0.2) is 4.98 Å². The first-order valence-corrected chi connectivity index (χ1v) is 6.03. The highest BCUT2D eigenvalue weighted by Crippen LogP contribution is 2.33. The number of methoxy groups -OCH3 is 2. The molecule has 0 unspecified atom stereocenters. The Balaban J connectivity index is 2.25. The monoisotopic (exact) mass is 277 g/mol. The highest BCUT2D eigenvalue weighted by Gasteiger charge is 2.13. The fourth-order valence-corrected chi connectivity index (χ4v) is 1.77. The van der Waals surface area contributed by atoms with E-state index in [1.807, 2.05) is 0 Å². The highest BCUT2D eigenvalue weighted by molar-refractivity contribution is 5.68. The van der Waals surface area contributed by atoms with Crippen molar-refractivity contribution in [1.82, 2.24) is 4.98 Å². The Morgan fingerprint density at radius 1 is 1.35 bits per heavy atom. The fraction of sp³-hybridized carbons (Fsp3) is 0.286. The molecule has 0 saturated heterocycles. The summed E-state index contributed by atoms with van der Waals surface area (Å²) in [6.07, 6.45) is 1.80. The molecule has 0 aliphatic heterocycles. The Bertz CT molecular complexity index is 605. The summed E-state index contributed by atoms with van der Waals surface area (Å²) in [6.45, 7) is 0. The highest BCUT2D eigenvalue weighted by atomic mass is 16.5. The predicted octanol–water partition coefficient (Wildman–Crippen LogP) is 2.38. The molecule has 0 atom stereocenters. The van der Waals surface area contributed by atoms with Crippen molar-refractivity contribution in [2.75, 3.05) is 14.2 Å². The lowest BCUT2D eigenvalue weighted by molar-refractivity contribution is -0.137. The van der Waals surface area contributed by atoms with Crippen LogP contribution < -0.4 is 9.47 Å². The van der Waals surface area contributed by atoms with Crippen LogP contribution in [0.3, 0.4) is 0 Å². The Hall–Kier alpha value is -2.50. The van der Waals surface area contributed by atoms with Crippen LogP contribution in [0.15, 0.2) is 28.8 Å². The maximum Gasteiger partial charge on any atom is 0.303 e. The number of aromatic nitrogens is 1. The van der Waals surface area contributed by atoms with E-state index >= 15 is 0 Å². The van der Waals surface area contributed by atoms with Gasteiger partial charge in [0.25, 0.3) is 0 Å². The summed E-state index contributed by atoms with van der Waals surface area (Å²) in [4.78, 5) is 14.6. The molecule has 0 aliphatic rings. The molecule has 0 amide bonds. The molecule has 0 fully saturated rings. The molecule has 1 N–H and O–H groups in total. The number of aliphatic carboxylic acids is 1. The number of hydrogen-bond donors (Lipinski definition) is 1. The first-order valence-electron chi connectivity index (χ1n) is 6.03. The van der Waals surface area contributed by atoms with Crippen LogP contribution in [0.5, 0.6) is 11.5 Å². The minimum atomic E-state index is -0.883. The summed E-state index contributed by atoms with van der Waals surface area (Å²) in [5.41, 5.74) is 0.738. The molecule has 0 aliphatic carbocycles. The quantitative estimate of drug-likeness (QED) is 0.873. The SMILES string of the molecule is COc1ccc(-c2cnc(CCC(=O)O)o2)c(OC)c1. The van der Waals surface area contributed by atoms with Gasteiger partial charge >= 0.3 is 5.97 Å². The van der Waals surface area contributed by atoms with Crippen LogP contribution in [0.2, 0.25) is 0 Å². The summed E-state index contributed by atoms with van der Waals surface area (Å²) in [5, 5.41) is 8.64. The third-order valence-corrected chi connectivity index (χ3v) is 2.78. The van der Waals surface area contributed by atoms with Crippen molar-refractivity contribution in [1.29, 1.82) is 0 Å². The molecular weight excluding hydrogens is 262 g/mol. The summed E-state index contributed by atoms with van der Waals surface area (Å²) in [7, 11) is 3.13. The van der Waals surface area contributed by atoms with Gasteiger partial charge in [-0.2, -0.15) is 0 Å². The minimum Gasteiger partial charge on any atom is -0.497 e. The smallest absolute Gasteiger partial charge is 0.303 e. The van der Waals surface area contributed by atoms with Gasteiger partial charge in [-0.3, -0.25) is 4.79 Å². The van der Waals surface area contributed by atoms with Crippen LogP contribution in [0.1, 0.15) is 12.3 Å². The second kappa shape index (κ2) is 6.10. The number of carboxylic acids is 1. The molecule has 0 saturated carbocycles. The minimum absolute atomic E-state index is 0.0142. The Labute approximate surface area is 116 Å². The number of aryl methyl sites for hydroxylation is 1. The molecule has 20 heavy (non-hydrogen) atoms. The van der Waals surface area contributed by atoms with Gasteiger partial charge in [-0.15, -0.1) is 0 Å². The maximum atomic E-state index is 10.5. The molecule has 1 aromatic carbocycles. The molecule has 6 heteroatoms. The topological polar surface area (TPSA) is 81.8 Å². The van der Waals surface area contributed by atoms with Crippen LogP contribution >= 0.6 is 0 Å². The zero-order valence-electron chi connectivity index (χ0n) is 11.3. The van der Waals surface area contributed by atoms with Crippen LogP contribution in [-0.4, -0.2) is 30.3 Å². The largest absolute Gasteiger partial charge is 0.497 e. The van der Waals surface area contributed by atoms with Crippen molar-refractivity contribution < 1.29 is 23.8 Å². The van der Waals surface area contributed by atoms with Crippen LogP contribution in [0.25, 0.3) is 11.3 Å². The van der Waals surface area contributed by atoms with Gasteiger partial charge in [0, 0.05) is 12.5 Å². The second-order valence-corrected chi connectivity index (χ2v) is 4.08. The summed E-state index contributed by atoms with van der Waals surface area (Å²) >= 11 is 0. The average Bonchev–Trinajstić information content (AvgIpc) is 2.93. The molecule has 0 bridgehead atoms. The van der Waals surface area contributed by atoms with E-state index in [2.05, 4.69) is 4.98 Å². The number of rotatable bonds is 6. The number of nitrogens with zero attached hydrogens (tertiary/aromatic N) is 1. The van der Waals surface area contributed by atoms with Crippen molar-refractivity contribution in [2.45, 2.75) is 12.8 Å². The van der Waals surface area contributed by atoms with E-state index < -0.39 is 5.97 Å². The van der Waals surface area contributed by atoms with Gasteiger partial charge in [0.05, 0.1) is 32.4 Å². The lowest BCUT2D eigenvalue weighted by atomic mass is 10.1. The van der Waals surface area contributed by atoms with E-state index in [4.69, 9.17) is 19.0 Å². The Kier molecular flexibility index (Phi) is 4.24. The molecule has 0 radical (unpaired) electrons. The van der Waals surface area contributed by atoms with Gasteiger partial charge < -0.3 is 19.0 Å². The summed E-state index contributed by atoms with van der Waals surface area (Å²) < 4.78 is 16.0. The molecule has 2 rings (SSSR count). The van der Waals surface area contributed by atoms with E-state index in [1.54, 1.807) is 38.6 Å². The van der Waals surface area contributed by atoms with Gasteiger partial charge in [-0.1, -0.05) is 0 Å². The van der Waals surface area contributed by atoms with Crippen molar-refractivity contribution in [2.24, 2.45) is 0 Å². The van der Waals surface area contributed by atoms with Crippen molar-refractivity contribution >= 4 is 5.97 Å². The molecule has 1 aromatic heterocycles. The van der Waals surface area contributed by atoms with Crippen LogP contribution in [0.4, 0.5) is 0 Å². The number of benzene rings is 1. The Morgan fingerprint density at radius 2 is 2.15 bits per heavy atom. The molecule has 106 valence electrons. The second-order valence-electron chi connectivity index (χ2n) is 4.08. The van der Waals surface area contributed by atoms with E-state index in [-0.39, 0.29) is 12.8 Å². The number of carboxylic acid groups (broad SMARTS) is 1. The van der Waals surface area contributed by atoms with Gasteiger partial charge in [-0.05, 0) is 12.1 Å². The Morgan fingerprint density at radius 3 is 2.80 bits per heavy atom. The number of oxazole rings is 1. The average molecular weight is 277 g/mol. The molecule has 6 nitrogen and oxygen atoms in total. The van der Waals surface area contributed by atoms with Crippen LogP contribution in [0, 0.1) is 0 Å². The standard InChI is InChI=1S/C14H15NO5/c1-18-9-3-4-10(11(7-9)19-2)12-8-15-13(20-12)5-6-14(16)17/h3-4,7-8H,5-6H2,1-2H3,(H,16,17). The number of ether oxygens (including phenoxy) is 2. The lowest BCUT2D eigenvalue weighted by Crippen LogP contribution is -1.97. The molecule has 0 spiro atoms. The van der Waals surface area contributed by atoms with Gasteiger partial charge in [0.2, 0.25) is 0 Å². The van der Waals surface area contributed by atoms with E-state index in [9.17, 15) is 4.79 Å². The number of carbonyl (C=O) groups is 1. The molecule has 2 aromatic rings. The fourth-order valence-electron chi connectivity index (χ4n) is 1.77. The summed E-state index contributed by atoms with van der Waals surface area (Å²) in [6, 6.07) is 5.34. The van der Waals surface area contributed by atoms with Crippen molar-refractivity contribution in [3.05, 3.63) is 30.3 Å². The number of hydrogen-bond acceptors (Lipinski definition) is 5. The predicted molar refractivity (Wildman–Crippen MR) is 71.0 cm³/mol. The molecular formula is C14H15NO5. The van der Waals surface area contributed by atoms with E-state index in [0.717, 1.165) is 5.56 Å². The first-order chi connectivity index (χ1) is 9.63. The van der Waals surface area contributed by atoms with Crippen LogP contribution in [-0.2, 0) is 11.2 Å². The van der Waals surface area contributed by atoms with E-state index in [1.165, 1.54) is 0 Å². The zero-order chi connectivity index (χ0) is 14.5. The van der Waals surface area contributed by atoms with Crippen molar-refractivity contribution in [3.63, 3.8) is 0 Å². The zero-order valence-corrected chi connectivity index (χ0v) is 11.3. The molecule has 1 heterocycles. The van der Waals surface area contributed by atoms with Gasteiger partial charge in [0.1, 0.15) is 11.5 Å². The first kappa shape index (κ1) is 13.9.